The van der Waals surface area contributed by atoms with Gasteiger partial charge in [0.15, 0.2) is 11.9 Å². The Morgan fingerprint density at radius 1 is 1.10 bits per heavy atom. The molecule has 334 valence electrons. The number of rotatable bonds is 12. The van der Waals surface area contributed by atoms with Crippen molar-refractivity contribution < 1.29 is 61.1 Å². The zero-order valence-corrected chi connectivity index (χ0v) is 37.4. The molecule has 3 aliphatic rings. The van der Waals surface area contributed by atoms with E-state index in [0.717, 1.165) is 6.26 Å². The van der Waals surface area contributed by atoms with Gasteiger partial charge in [0.25, 0.3) is 0 Å². The topological polar surface area (TPSA) is 209 Å². The second-order valence-corrected chi connectivity index (χ2v) is 19.1. The average Bonchev–Trinajstić information content (AvgIpc) is 3.42. The number of hydrogen-bond acceptors (Lipinski definition) is 15. The van der Waals surface area contributed by atoms with Gasteiger partial charge in [-0.15, -0.1) is 0 Å². The number of likely N-dealkylation sites (N-methyl/N-ethyl adjacent to an activating group) is 1. The predicted octanol–water partition coefficient (Wildman–Crippen LogP) is 2.72. The molecule has 0 bridgehead atoms. The van der Waals surface area contributed by atoms with Gasteiger partial charge in [-0.1, -0.05) is 33.8 Å². The fourth-order valence-corrected chi connectivity index (χ4v) is 9.72. The molecule has 4 heterocycles. The van der Waals surface area contributed by atoms with Crippen LogP contribution in [0.1, 0.15) is 80.3 Å². The normalized spacial score (nSPS) is 37.7. The fourth-order valence-electron chi connectivity index (χ4n) is 9.25. The van der Waals surface area contributed by atoms with Crippen LogP contribution in [-0.2, 0) is 59.2 Å². The number of carbonyl (C=O) groups is 4. The quantitative estimate of drug-likeness (QED) is 0.229. The summed E-state index contributed by atoms with van der Waals surface area (Å²) in [4.78, 5) is 64.1. The molecule has 0 radical (unpaired) electrons. The van der Waals surface area contributed by atoms with Crippen LogP contribution in [0.25, 0.3) is 0 Å². The number of aromatic nitrogens is 1. The van der Waals surface area contributed by atoms with E-state index in [2.05, 4.69) is 9.71 Å². The molecule has 14 atom stereocenters. The van der Waals surface area contributed by atoms with Crippen molar-refractivity contribution >= 4 is 33.8 Å². The maximum atomic E-state index is 14.7. The summed E-state index contributed by atoms with van der Waals surface area (Å²) in [7, 11) is 1.56. The number of hydrogen-bond donors (Lipinski definition) is 2. The summed E-state index contributed by atoms with van der Waals surface area (Å²) < 4.78 is 64.1. The predicted molar refractivity (Wildman–Crippen MR) is 215 cm³/mol. The lowest BCUT2D eigenvalue weighted by atomic mass is 9.73. The van der Waals surface area contributed by atoms with Gasteiger partial charge in [-0.05, 0) is 73.2 Å². The molecule has 0 unspecified atom stereocenters. The SMILES string of the molecule is CC[C@H]1OC(=O)[C@H](C)[C@H](OC(=O)Cc2ccccn2)[C@@H](C)[C@@H](O[C@@H]2O[C@H](C)C[C@H](N(C)C)[C@H]2O)[C@](C)(OC)C[C@@H](C)C(=O)[C@H](C)[C@@H]2N(CCNS(C)(=O)=O)C(=O)O[C@@]21C. The minimum atomic E-state index is -3.62. The number of fused-ring (bicyclic) bond motifs is 1. The smallest absolute Gasteiger partial charge is 0.410 e. The molecule has 0 saturated carbocycles. The number of pyridine rings is 1. The number of aliphatic hydroxyl groups excluding tert-OH is 1. The van der Waals surface area contributed by atoms with Crippen molar-refractivity contribution in [2.24, 2.45) is 23.7 Å². The Bertz CT molecular complexity index is 1740. The van der Waals surface area contributed by atoms with Crippen molar-refractivity contribution in [1.29, 1.82) is 0 Å². The van der Waals surface area contributed by atoms with E-state index in [0.29, 0.717) is 12.1 Å². The molecular formula is C41H66N4O13S. The van der Waals surface area contributed by atoms with E-state index in [1.807, 2.05) is 25.9 Å². The van der Waals surface area contributed by atoms with Crippen molar-refractivity contribution in [2.75, 3.05) is 40.6 Å². The third kappa shape index (κ3) is 11.2. The molecule has 18 heteroatoms. The zero-order chi connectivity index (χ0) is 44.2. The molecule has 3 aliphatic heterocycles. The van der Waals surface area contributed by atoms with Crippen molar-refractivity contribution in [3.63, 3.8) is 0 Å². The first-order valence-corrected chi connectivity index (χ1v) is 22.3. The molecule has 1 aromatic rings. The van der Waals surface area contributed by atoms with Crippen LogP contribution in [0.2, 0.25) is 0 Å². The molecule has 3 fully saturated rings. The first-order chi connectivity index (χ1) is 27.5. The summed E-state index contributed by atoms with van der Waals surface area (Å²) >= 11 is 0. The number of ketones is 1. The number of Topliss-reactive ketones (excluding diaryl/α,β-unsaturated/α-hetero) is 1. The van der Waals surface area contributed by atoms with E-state index in [4.69, 9.17) is 28.4 Å². The van der Waals surface area contributed by atoms with E-state index in [9.17, 15) is 32.7 Å². The highest BCUT2D eigenvalue weighted by Gasteiger charge is 2.60. The summed E-state index contributed by atoms with van der Waals surface area (Å²) in [5.41, 5.74) is -2.46. The molecule has 0 aliphatic carbocycles. The van der Waals surface area contributed by atoms with Gasteiger partial charge in [-0.2, -0.15) is 0 Å². The van der Waals surface area contributed by atoms with Crippen LogP contribution in [0.5, 0.6) is 0 Å². The molecular weight excluding hydrogens is 789 g/mol. The zero-order valence-electron chi connectivity index (χ0n) is 36.6. The summed E-state index contributed by atoms with van der Waals surface area (Å²) in [6, 6.07) is 3.81. The standard InChI is InChI=1S/C41H66N4O13S/c1-13-30-41(8)35(45(39(50)58-41)19-18-43-59(12,51)52)25(4)32(47)23(2)22-40(7,53-11)36(57-38-33(48)29(44(9)10)20-24(3)54-38)26(5)34(27(6)37(49)55-30)56-31(46)21-28-16-14-15-17-42-28/h14-17,23-27,29-30,33-36,38,43,48H,13,18-22H2,1-12H3/t23-,24-,25+,26-,27-,29+,30-,33-,34-,35+,36-,38+,40-,41-/m1/s1. The Hall–Kier alpha value is -3.26. The van der Waals surface area contributed by atoms with Crippen LogP contribution >= 0.6 is 0 Å². The summed E-state index contributed by atoms with van der Waals surface area (Å²) in [5.74, 6) is -5.36. The average molecular weight is 855 g/mol. The van der Waals surface area contributed by atoms with Crippen LogP contribution in [0.15, 0.2) is 24.4 Å². The van der Waals surface area contributed by atoms with Crippen molar-refractivity contribution in [3.05, 3.63) is 30.1 Å². The van der Waals surface area contributed by atoms with E-state index in [1.165, 1.54) is 12.0 Å². The highest BCUT2D eigenvalue weighted by Crippen LogP contribution is 2.43. The van der Waals surface area contributed by atoms with Crippen molar-refractivity contribution in [2.45, 2.75) is 141 Å². The van der Waals surface area contributed by atoms with E-state index < -0.39 is 99.7 Å². The number of sulfonamides is 1. The van der Waals surface area contributed by atoms with Crippen LogP contribution < -0.4 is 4.72 Å². The van der Waals surface area contributed by atoms with Crippen LogP contribution in [-0.4, -0.2) is 153 Å². The Morgan fingerprint density at radius 3 is 2.36 bits per heavy atom. The Kier molecular flexibility index (Phi) is 16.1. The minimum Gasteiger partial charge on any atom is -0.461 e. The van der Waals surface area contributed by atoms with Crippen LogP contribution in [0.3, 0.4) is 0 Å². The molecule has 17 nitrogen and oxygen atoms in total. The lowest BCUT2D eigenvalue weighted by molar-refractivity contribution is -0.301. The number of ether oxygens (including phenoxy) is 6. The number of nitrogens with one attached hydrogen (secondary N) is 1. The first-order valence-electron chi connectivity index (χ1n) is 20.5. The number of methoxy groups -OCH3 is 1. The molecule has 0 aromatic carbocycles. The lowest BCUT2D eigenvalue weighted by Crippen LogP contribution is -2.61. The molecule has 0 spiro atoms. The highest BCUT2D eigenvalue weighted by molar-refractivity contribution is 7.88. The molecule has 4 rings (SSSR count). The Morgan fingerprint density at radius 2 is 1.78 bits per heavy atom. The highest BCUT2D eigenvalue weighted by atomic mass is 32.2. The molecule has 1 aromatic heterocycles. The molecule has 2 N–H and O–H groups in total. The number of carbonyl (C=O) groups excluding carboxylic acids is 4. The number of aliphatic hydroxyl groups is 1. The monoisotopic (exact) mass is 854 g/mol. The van der Waals surface area contributed by atoms with Gasteiger partial charge >= 0.3 is 18.0 Å². The van der Waals surface area contributed by atoms with Crippen LogP contribution in [0, 0.1) is 23.7 Å². The summed E-state index contributed by atoms with van der Waals surface area (Å²) in [6.07, 6.45) is -3.67. The Labute approximate surface area is 349 Å². The van der Waals surface area contributed by atoms with E-state index >= 15 is 0 Å². The third-order valence-electron chi connectivity index (χ3n) is 12.4. The first kappa shape index (κ1) is 48.4. The summed E-state index contributed by atoms with van der Waals surface area (Å²) in [5, 5.41) is 11.6. The minimum absolute atomic E-state index is 0.0513. The second kappa shape index (κ2) is 19.6. The van der Waals surface area contributed by atoms with Gasteiger partial charge in [0, 0.05) is 50.2 Å². The maximum Gasteiger partial charge on any atom is 0.410 e. The molecule has 1 amide bonds. The molecule has 3 saturated heterocycles. The second-order valence-electron chi connectivity index (χ2n) is 17.2. The Balaban J connectivity index is 1.87. The number of nitrogens with zero attached hydrogens (tertiary/aromatic N) is 3. The lowest BCUT2D eigenvalue weighted by Gasteiger charge is -2.48. The molecule has 59 heavy (non-hydrogen) atoms. The number of amides is 1. The largest absolute Gasteiger partial charge is 0.461 e. The number of esters is 2. The van der Waals surface area contributed by atoms with Crippen molar-refractivity contribution in [1.82, 2.24) is 19.5 Å². The van der Waals surface area contributed by atoms with Gasteiger partial charge in [-0.25, -0.2) is 17.9 Å². The fraction of sp³-hybridized carbons (Fsp3) is 0.780. The van der Waals surface area contributed by atoms with Gasteiger partial charge in [-0.3, -0.25) is 24.3 Å². The van der Waals surface area contributed by atoms with Gasteiger partial charge < -0.3 is 38.4 Å². The van der Waals surface area contributed by atoms with E-state index in [1.54, 1.807) is 72.9 Å². The van der Waals surface area contributed by atoms with Crippen molar-refractivity contribution in [3.8, 4) is 0 Å². The summed E-state index contributed by atoms with van der Waals surface area (Å²) in [6.45, 7) is 13.5. The van der Waals surface area contributed by atoms with Gasteiger partial charge in [0.2, 0.25) is 10.0 Å². The van der Waals surface area contributed by atoms with E-state index in [-0.39, 0.29) is 50.3 Å². The van der Waals surface area contributed by atoms with Crippen LogP contribution in [0.4, 0.5) is 4.79 Å². The van der Waals surface area contributed by atoms with Gasteiger partial charge in [0.05, 0.1) is 48.1 Å². The third-order valence-corrected chi connectivity index (χ3v) is 13.1. The van der Waals surface area contributed by atoms with Gasteiger partial charge in [0.1, 0.15) is 24.1 Å². The maximum absolute atomic E-state index is 14.7. The number of cyclic esters (lactones) is 1.